The first-order chi connectivity index (χ1) is 20.6. The van der Waals surface area contributed by atoms with Gasteiger partial charge >= 0.3 is 70.4 Å². The molecule has 4 unspecified atom stereocenters. The minimum atomic E-state index is -4.34. The van der Waals surface area contributed by atoms with Crippen molar-refractivity contribution in [3.8, 4) is 0 Å². The van der Waals surface area contributed by atoms with Crippen molar-refractivity contribution in [2.45, 2.75) is 155 Å². The fourth-order valence-corrected chi connectivity index (χ4v) is 48.5. The zero-order chi connectivity index (χ0) is 35.7. The van der Waals surface area contributed by atoms with E-state index in [1.165, 1.54) is 0 Å². The van der Waals surface area contributed by atoms with Crippen molar-refractivity contribution in [3.05, 3.63) is 0 Å². The minimum Gasteiger partial charge on any atom is -0.390 e. The minimum absolute atomic E-state index is 0.523. The summed E-state index contributed by atoms with van der Waals surface area (Å²) in [4.78, 5) is 48.9. The van der Waals surface area contributed by atoms with Crippen LogP contribution in [0.25, 0.3) is 0 Å². The van der Waals surface area contributed by atoms with Gasteiger partial charge in [0.1, 0.15) is 0 Å². The van der Waals surface area contributed by atoms with Gasteiger partial charge in [-0.2, -0.15) is 0 Å². The molecule has 3 fully saturated rings. The van der Waals surface area contributed by atoms with Crippen LogP contribution < -0.4 is 0 Å². The van der Waals surface area contributed by atoms with Crippen molar-refractivity contribution < 1.29 is 60.3 Å². The fraction of sp³-hybridized carbons (Fsp3) is 1.00. The van der Waals surface area contributed by atoms with Gasteiger partial charge in [0.15, 0.2) is 0 Å². The normalized spacial score (nSPS) is 44.6. The summed E-state index contributed by atoms with van der Waals surface area (Å²) in [5, 5.41) is 0. The van der Waals surface area contributed by atoms with Crippen molar-refractivity contribution >= 4 is 70.4 Å². The van der Waals surface area contributed by atoms with E-state index >= 15 is 0 Å². The van der Waals surface area contributed by atoms with Crippen LogP contribution in [0.5, 0.6) is 0 Å². The van der Waals surface area contributed by atoms with Crippen LogP contribution in [0.4, 0.5) is 0 Å². The Morgan fingerprint density at radius 2 is 0.391 bits per heavy atom. The Hall–Kier alpha value is 1.18. The Morgan fingerprint density at radius 1 is 0.239 bits per heavy atom. The molecule has 0 aromatic heterocycles. The van der Waals surface area contributed by atoms with Gasteiger partial charge in [0.05, 0.1) is 0 Å². The Morgan fingerprint density at radius 3 is 0.500 bits per heavy atom. The molecule has 0 aliphatic carbocycles. The van der Waals surface area contributed by atoms with E-state index in [1.807, 2.05) is 55.4 Å². The van der Waals surface area contributed by atoms with E-state index in [0.717, 1.165) is 0 Å². The molecule has 3 aliphatic rings. The van der Waals surface area contributed by atoms with Gasteiger partial charge in [-0.05, 0) is 0 Å². The lowest BCUT2D eigenvalue weighted by atomic mass is 10.6. The zero-order valence-corrected chi connectivity index (χ0v) is 38.5. The summed E-state index contributed by atoms with van der Waals surface area (Å²) in [7, 11) is -34.5. The van der Waals surface area contributed by atoms with Crippen LogP contribution in [-0.4, -0.2) is 89.6 Å². The highest BCUT2D eigenvalue weighted by atomic mass is 28.6. The first-order valence-electron chi connectivity index (χ1n) is 16.5. The number of hydrogen-bond donors (Lipinski definition) is 4. The van der Waals surface area contributed by atoms with E-state index in [9.17, 15) is 19.2 Å². The third kappa shape index (κ3) is 7.40. The first kappa shape index (κ1) is 41.6. The molecule has 0 aromatic carbocycles. The third-order valence-corrected chi connectivity index (χ3v) is 43.1. The smallest absolute Gasteiger partial charge is 0.390 e. The summed E-state index contributed by atoms with van der Waals surface area (Å²) < 4.78 is 68.5. The molecule has 3 heterocycles. The molecule has 0 spiro atoms. The molecule has 4 N–H and O–H groups in total. The fourth-order valence-electron chi connectivity index (χ4n) is 4.72. The summed E-state index contributed by atoms with van der Waals surface area (Å²) in [6.45, 7) is 28.7. The standard InChI is InChI=1S/C24H60O14Si8/c1-17(2)39(25)29-40(26,18(3)4)32-44(22(11)12)35-43(31-39,21(9)10)37-45(23(13)14)33-41(27,19(5)6)30-42(28,20(7)8)34-46(36-45,38-44)24(15)16/h17-28H,1-16H3. The Bertz CT molecular complexity index is 935. The second-order valence-corrected chi connectivity index (χ2v) is 42.5. The lowest BCUT2D eigenvalue weighted by Gasteiger charge is -2.59. The molecule has 46 heavy (non-hydrogen) atoms. The molecule has 22 heteroatoms. The van der Waals surface area contributed by atoms with Crippen LogP contribution in [0, 0.1) is 0 Å². The quantitative estimate of drug-likeness (QED) is 0.243. The number of rotatable bonds is 8. The Kier molecular flexibility index (Phi) is 12.3. The monoisotopic (exact) mass is 796 g/mol. The summed E-state index contributed by atoms with van der Waals surface area (Å²) in [5.74, 6) is 0. The van der Waals surface area contributed by atoms with E-state index in [4.69, 9.17) is 41.2 Å². The largest absolute Gasteiger partial charge is 0.486 e. The molecule has 4 atom stereocenters. The molecule has 3 saturated heterocycles. The van der Waals surface area contributed by atoms with Crippen LogP contribution in [0.1, 0.15) is 111 Å². The van der Waals surface area contributed by atoms with Gasteiger partial charge in [-0.25, -0.2) is 0 Å². The second kappa shape index (κ2) is 13.6. The average Bonchev–Trinajstić information content (AvgIpc) is 2.84. The first-order valence-corrected chi connectivity index (χ1v) is 31.1. The van der Waals surface area contributed by atoms with E-state index in [1.54, 1.807) is 55.4 Å². The maximum absolute atomic E-state index is 12.2. The maximum Gasteiger partial charge on any atom is 0.486 e. The van der Waals surface area contributed by atoms with Crippen molar-refractivity contribution in [2.24, 2.45) is 0 Å². The molecule has 14 nitrogen and oxygen atoms in total. The molecule has 3 aliphatic heterocycles. The van der Waals surface area contributed by atoms with Gasteiger partial charge in [-0.3, -0.25) is 0 Å². The number of hydrogen-bond acceptors (Lipinski definition) is 14. The van der Waals surface area contributed by atoms with Gasteiger partial charge in [0.25, 0.3) is 0 Å². The van der Waals surface area contributed by atoms with Crippen molar-refractivity contribution in [2.75, 3.05) is 0 Å². The zero-order valence-electron chi connectivity index (χ0n) is 30.5. The SMILES string of the molecule is CC(C)[Si]1(O)O[Si](O)(C(C)C)O[Si]2(C(C)C)O[Si](C(C)C)(O1)O[Si]1(C(C)C)O[Si](O)(C(C)C)O[Si](O)(C(C)C)O[Si](C(C)C)(O1)O2. The predicted molar refractivity (Wildman–Crippen MR) is 187 cm³/mol. The highest BCUT2D eigenvalue weighted by Crippen LogP contribution is 2.53. The lowest BCUT2D eigenvalue weighted by molar-refractivity contribution is -0.000883. The van der Waals surface area contributed by atoms with E-state index in [2.05, 4.69) is 0 Å². The molecule has 0 radical (unpaired) electrons. The van der Waals surface area contributed by atoms with Crippen molar-refractivity contribution in [1.29, 1.82) is 0 Å². The summed E-state index contributed by atoms with van der Waals surface area (Å²) >= 11 is 0. The summed E-state index contributed by atoms with van der Waals surface area (Å²) in [6, 6.07) is 0. The average molecular weight is 797 g/mol. The lowest BCUT2D eigenvalue weighted by Crippen LogP contribution is -2.84. The Balaban J connectivity index is 2.55. The van der Waals surface area contributed by atoms with Crippen LogP contribution in [0.3, 0.4) is 0 Å². The molecule has 0 amide bonds. The molecule has 0 saturated carbocycles. The maximum atomic E-state index is 12.2. The van der Waals surface area contributed by atoms with Crippen LogP contribution in [-0.2, 0) is 41.2 Å². The molecule has 4 bridgehead atoms. The van der Waals surface area contributed by atoms with Gasteiger partial charge < -0.3 is 60.3 Å². The highest BCUT2D eigenvalue weighted by molar-refractivity contribution is 6.99. The van der Waals surface area contributed by atoms with Crippen molar-refractivity contribution in [1.82, 2.24) is 0 Å². The van der Waals surface area contributed by atoms with Crippen LogP contribution in [0.15, 0.2) is 0 Å². The van der Waals surface area contributed by atoms with E-state index in [0.29, 0.717) is 0 Å². The third-order valence-electron chi connectivity index (χ3n) is 8.62. The Labute approximate surface area is 284 Å². The molecular weight excluding hydrogens is 737 g/mol. The van der Waals surface area contributed by atoms with E-state index < -0.39 is 115 Å². The van der Waals surface area contributed by atoms with Gasteiger partial charge in [0.2, 0.25) is 0 Å². The van der Waals surface area contributed by atoms with Gasteiger partial charge in [0, 0.05) is 44.3 Å². The predicted octanol–water partition coefficient (Wildman–Crippen LogP) is 4.95. The van der Waals surface area contributed by atoms with Gasteiger partial charge in [-0.1, -0.05) is 111 Å². The molecule has 3 rings (SSSR count). The van der Waals surface area contributed by atoms with Crippen LogP contribution >= 0.6 is 0 Å². The molecule has 272 valence electrons. The second-order valence-electron chi connectivity index (χ2n) is 15.2. The topological polar surface area (TPSA) is 173 Å². The highest BCUT2D eigenvalue weighted by Gasteiger charge is 2.79. The van der Waals surface area contributed by atoms with Gasteiger partial charge in [-0.15, -0.1) is 0 Å². The summed E-state index contributed by atoms with van der Waals surface area (Å²) in [6.07, 6.45) is 0. The van der Waals surface area contributed by atoms with E-state index in [-0.39, 0.29) is 0 Å². The van der Waals surface area contributed by atoms with Crippen LogP contribution in [0.2, 0.25) is 44.3 Å². The molecule has 0 aromatic rings. The molecular formula is C24H60O14Si8. The summed E-state index contributed by atoms with van der Waals surface area (Å²) in [5.41, 5.74) is -4.41. The van der Waals surface area contributed by atoms with Crippen molar-refractivity contribution in [3.63, 3.8) is 0 Å². The number of fused-ring (bicyclic) bond motifs is 4.